The second kappa shape index (κ2) is 7.79. The van der Waals surface area contributed by atoms with E-state index >= 15 is 0 Å². The molecule has 0 spiro atoms. The van der Waals surface area contributed by atoms with Gasteiger partial charge in [0.1, 0.15) is 5.75 Å². The van der Waals surface area contributed by atoms with Crippen LogP contribution < -0.4 is 20.5 Å². The quantitative estimate of drug-likeness (QED) is 0.761. The molecule has 3 rings (SSSR count). The first-order chi connectivity index (χ1) is 12.9. The van der Waals surface area contributed by atoms with E-state index in [1.165, 1.54) is 12.0 Å². The number of carbonyl (C=O) groups is 2. The Morgan fingerprint density at radius 2 is 1.96 bits per heavy atom. The Morgan fingerprint density at radius 3 is 2.63 bits per heavy atom. The van der Waals surface area contributed by atoms with E-state index < -0.39 is 5.92 Å². The summed E-state index contributed by atoms with van der Waals surface area (Å²) in [5.74, 6) is -0.165. The molecule has 0 saturated carbocycles. The topological polar surface area (TPSA) is 96.5 Å². The van der Waals surface area contributed by atoms with Crippen molar-refractivity contribution < 1.29 is 14.3 Å². The van der Waals surface area contributed by atoms with E-state index in [4.69, 9.17) is 16.3 Å². The standard InChI is InChI=1S/C18H20ClN5O3/c1-10-6-11(2)21-18(20-10)23-22-17(26)12-7-16(25)24(9-12)14-8-13(19)4-5-15(14)27-3/h4-6,8,12H,7,9H2,1-3H3,(H,22,26)(H,20,21,23)/t12-/m1/s1. The van der Waals surface area contributed by atoms with E-state index in [2.05, 4.69) is 20.8 Å². The van der Waals surface area contributed by atoms with Gasteiger partial charge in [0.25, 0.3) is 0 Å². The van der Waals surface area contributed by atoms with Crippen LogP contribution in [0.4, 0.5) is 11.6 Å². The fourth-order valence-corrected chi connectivity index (χ4v) is 3.16. The molecule has 2 aromatic rings. The molecule has 2 heterocycles. The van der Waals surface area contributed by atoms with Crippen molar-refractivity contribution in [3.8, 4) is 5.75 Å². The molecule has 0 unspecified atom stereocenters. The number of aromatic nitrogens is 2. The van der Waals surface area contributed by atoms with Gasteiger partial charge in [0.15, 0.2) is 0 Å². The van der Waals surface area contributed by atoms with Crippen molar-refractivity contribution in [3.63, 3.8) is 0 Å². The van der Waals surface area contributed by atoms with Crippen LogP contribution in [0.5, 0.6) is 5.75 Å². The molecule has 2 amide bonds. The largest absolute Gasteiger partial charge is 0.495 e. The minimum absolute atomic E-state index is 0.0941. The third-order valence-electron chi connectivity index (χ3n) is 4.21. The minimum atomic E-state index is -0.514. The van der Waals surface area contributed by atoms with Crippen LogP contribution in [0, 0.1) is 19.8 Å². The Kier molecular flexibility index (Phi) is 5.46. The molecule has 0 radical (unpaired) electrons. The molecule has 1 saturated heterocycles. The lowest BCUT2D eigenvalue weighted by Gasteiger charge is -2.20. The van der Waals surface area contributed by atoms with Crippen LogP contribution in [-0.4, -0.2) is 35.4 Å². The number of ether oxygens (including phenoxy) is 1. The zero-order valence-electron chi connectivity index (χ0n) is 15.2. The summed E-state index contributed by atoms with van der Waals surface area (Å²) in [7, 11) is 1.52. The number of carbonyl (C=O) groups excluding carboxylic acids is 2. The lowest BCUT2D eigenvalue weighted by Crippen LogP contribution is -2.37. The molecule has 142 valence electrons. The number of anilines is 2. The second-order valence-corrected chi connectivity index (χ2v) is 6.75. The molecule has 1 aromatic carbocycles. The van der Waals surface area contributed by atoms with E-state index in [-0.39, 0.29) is 24.8 Å². The summed E-state index contributed by atoms with van der Waals surface area (Å²) in [5.41, 5.74) is 7.41. The molecule has 0 bridgehead atoms. The van der Waals surface area contributed by atoms with Crippen molar-refractivity contribution in [1.82, 2.24) is 15.4 Å². The molecule has 0 aliphatic carbocycles. The average Bonchev–Trinajstić information content (AvgIpc) is 3.00. The molecular weight excluding hydrogens is 370 g/mol. The first-order valence-electron chi connectivity index (χ1n) is 8.39. The first-order valence-corrected chi connectivity index (χ1v) is 8.77. The van der Waals surface area contributed by atoms with Crippen molar-refractivity contribution in [2.75, 3.05) is 24.0 Å². The number of nitrogens with zero attached hydrogens (tertiary/aromatic N) is 3. The number of halogens is 1. The van der Waals surface area contributed by atoms with Crippen LogP contribution >= 0.6 is 11.6 Å². The van der Waals surface area contributed by atoms with Crippen LogP contribution in [0.25, 0.3) is 0 Å². The van der Waals surface area contributed by atoms with Gasteiger partial charge in [0.2, 0.25) is 17.8 Å². The van der Waals surface area contributed by atoms with E-state index in [0.29, 0.717) is 22.4 Å². The highest BCUT2D eigenvalue weighted by Crippen LogP contribution is 2.35. The van der Waals surface area contributed by atoms with Crippen molar-refractivity contribution in [2.45, 2.75) is 20.3 Å². The van der Waals surface area contributed by atoms with Gasteiger partial charge in [-0.05, 0) is 38.1 Å². The second-order valence-electron chi connectivity index (χ2n) is 6.31. The Morgan fingerprint density at radius 1 is 1.26 bits per heavy atom. The molecule has 9 heteroatoms. The summed E-state index contributed by atoms with van der Waals surface area (Å²) in [6.45, 7) is 3.91. The summed E-state index contributed by atoms with van der Waals surface area (Å²) in [5, 5.41) is 0.486. The van der Waals surface area contributed by atoms with Gasteiger partial charge in [-0.2, -0.15) is 0 Å². The zero-order valence-corrected chi connectivity index (χ0v) is 16.0. The van der Waals surface area contributed by atoms with Gasteiger partial charge >= 0.3 is 0 Å². The normalized spacial score (nSPS) is 16.4. The predicted octanol–water partition coefficient (Wildman–Crippen LogP) is 2.25. The smallest absolute Gasteiger partial charge is 0.243 e. The number of amides is 2. The van der Waals surface area contributed by atoms with Crippen LogP contribution in [0.3, 0.4) is 0 Å². The van der Waals surface area contributed by atoms with Gasteiger partial charge in [-0.25, -0.2) is 9.97 Å². The summed E-state index contributed by atoms with van der Waals surface area (Å²) in [6, 6.07) is 6.86. The third kappa shape index (κ3) is 4.28. The van der Waals surface area contributed by atoms with Crippen LogP contribution in [-0.2, 0) is 9.59 Å². The average molecular weight is 390 g/mol. The van der Waals surface area contributed by atoms with E-state index in [0.717, 1.165) is 11.4 Å². The third-order valence-corrected chi connectivity index (χ3v) is 4.44. The summed E-state index contributed by atoms with van der Waals surface area (Å²) in [6.07, 6.45) is 0.0941. The number of hydrogen-bond donors (Lipinski definition) is 2. The van der Waals surface area contributed by atoms with Crippen molar-refractivity contribution in [3.05, 3.63) is 40.7 Å². The number of aryl methyl sites for hydroxylation is 2. The van der Waals surface area contributed by atoms with E-state index in [9.17, 15) is 9.59 Å². The highest BCUT2D eigenvalue weighted by Gasteiger charge is 2.36. The van der Waals surface area contributed by atoms with Gasteiger partial charge in [-0.3, -0.25) is 20.4 Å². The van der Waals surface area contributed by atoms with Gasteiger partial charge in [0.05, 0.1) is 18.7 Å². The molecule has 8 nitrogen and oxygen atoms in total. The molecule has 2 N–H and O–H groups in total. The summed E-state index contributed by atoms with van der Waals surface area (Å²) >= 11 is 6.05. The maximum atomic E-state index is 12.5. The van der Waals surface area contributed by atoms with Crippen molar-refractivity contribution >= 4 is 35.1 Å². The maximum absolute atomic E-state index is 12.5. The van der Waals surface area contributed by atoms with E-state index in [1.54, 1.807) is 18.2 Å². The first kappa shape index (κ1) is 18.9. The fraction of sp³-hybridized carbons (Fsp3) is 0.333. The van der Waals surface area contributed by atoms with Crippen LogP contribution in [0.15, 0.2) is 24.3 Å². The Hall–Kier alpha value is -2.87. The van der Waals surface area contributed by atoms with Gasteiger partial charge < -0.3 is 9.64 Å². The zero-order chi connectivity index (χ0) is 19.6. The van der Waals surface area contributed by atoms with Gasteiger partial charge in [0, 0.05) is 29.4 Å². The van der Waals surface area contributed by atoms with Crippen LogP contribution in [0.2, 0.25) is 5.02 Å². The molecule has 1 aliphatic rings. The van der Waals surface area contributed by atoms with Gasteiger partial charge in [-0.1, -0.05) is 11.6 Å². The Bertz CT molecular complexity index is 869. The highest BCUT2D eigenvalue weighted by atomic mass is 35.5. The summed E-state index contributed by atoms with van der Waals surface area (Å²) in [4.78, 5) is 34.8. The molecule has 1 fully saturated rings. The number of hydrogen-bond acceptors (Lipinski definition) is 6. The number of benzene rings is 1. The highest BCUT2D eigenvalue weighted by molar-refractivity contribution is 6.31. The van der Waals surface area contributed by atoms with Gasteiger partial charge in [-0.15, -0.1) is 0 Å². The monoisotopic (exact) mass is 389 g/mol. The minimum Gasteiger partial charge on any atom is -0.495 e. The Labute approximate surface area is 161 Å². The molecule has 1 aliphatic heterocycles. The number of methoxy groups -OCH3 is 1. The van der Waals surface area contributed by atoms with E-state index in [1.807, 2.05) is 19.9 Å². The predicted molar refractivity (Wildman–Crippen MR) is 102 cm³/mol. The van der Waals surface area contributed by atoms with Crippen LogP contribution in [0.1, 0.15) is 17.8 Å². The molecule has 27 heavy (non-hydrogen) atoms. The number of rotatable bonds is 5. The molecular formula is C18H20ClN5O3. The Balaban J connectivity index is 1.68. The molecule has 1 atom stereocenters. The van der Waals surface area contributed by atoms with Crippen molar-refractivity contribution in [1.29, 1.82) is 0 Å². The lowest BCUT2D eigenvalue weighted by molar-refractivity contribution is -0.125. The fourth-order valence-electron chi connectivity index (χ4n) is 2.99. The van der Waals surface area contributed by atoms with Crippen molar-refractivity contribution in [2.24, 2.45) is 5.92 Å². The molecule has 1 aromatic heterocycles. The lowest BCUT2D eigenvalue weighted by atomic mass is 10.1. The number of nitrogens with one attached hydrogen (secondary N) is 2. The number of hydrazine groups is 1. The maximum Gasteiger partial charge on any atom is 0.243 e. The summed E-state index contributed by atoms with van der Waals surface area (Å²) < 4.78 is 5.30. The SMILES string of the molecule is COc1ccc(Cl)cc1N1C[C@H](C(=O)NNc2nc(C)cc(C)n2)CC1=O.